The number of carbonyl (C=O) groups excluding carboxylic acids is 3. The first-order valence-corrected chi connectivity index (χ1v) is 11.0. The number of hydrogen-bond donors (Lipinski definition) is 0. The van der Waals surface area contributed by atoms with Crippen molar-refractivity contribution in [2.75, 3.05) is 13.2 Å². The third-order valence-electron chi connectivity index (χ3n) is 6.73. The standard InChI is InChI=1S/C25H26N2O5/c1-15-11-20(21(28)13-27-24(29)18-7-3-4-8-19(18)25(27)30)16(2)26(15)12-17-14-31-22-9-5-6-10-23(22)32-17/h3-6,9-11,17-19H,7-8,12-14H2,1-2H3/t17-,18-,19-/m1/s1. The molecule has 2 aromatic rings. The van der Waals surface area contributed by atoms with E-state index in [-0.39, 0.29) is 42.1 Å². The van der Waals surface area contributed by atoms with Crippen molar-refractivity contribution in [2.24, 2.45) is 11.8 Å². The van der Waals surface area contributed by atoms with Crippen LogP contribution in [0.25, 0.3) is 0 Å². The van der Waals surface area contributed by atoms with E-state index < -0.39 is 0 Å². The first-order chi connectivity index (χ1) is 15.4. The van der Waals surface area contributed by atoms with Gasteiger partial charge >= 0.3 is 0 Å². The molecule has 1 aromatic heterocycles. The fourth-order valence-corrected chi connectivity index (χ4v) is 4.97. The van der Waals surface area contributed by atoms with Crippen LogP contribution in [-0.4, -0.2) is 46.3 Å². The maximum Gasteiger partial charge on any atom is 0.233 e. The molecule has 3 heterocycles. The Bertz CT molecular complexity index is 1110. The van der Waals surface area contributed by atoms with Gasteiger partial charge in [0.05, 0.1) is 24.9 Å². The summed E-state index contributed by atoms with van der Waals surface area (Å²) in [6, 6.07) is 9.39. The summed E-state index contributed by atoms with van der Waals surface area (Å²) in [5, 5.41) is 0. The molecule has 2 aliphatic heterocycles. The van der Waals surface area contributed by atoms with Crippen LogP contribution in [0.2, 0.25) is 0 Å². The molecule has 5 rings (SSSR count). The van der Waals surface area contributed by atoms with Gasteiger partial charge in [-0.1, -0.05) is 24.3 Å². The lowest BCUT2D eigenvalue weighted by molar-refractivity contribution is -0.139. The average Bonchev–Trinajstić information content (AvgIpc) is 3.22. The number of rotatable bonds is 5. The molecule has 3 aliphatic rings. The summed E-state index contributed by atoms with van der Waals surface area (Å²) in [5.41, 5.74) is 2.26. The molecule has 32 heavy (non-hydrogen) atoms. The molecule has 0 radical (unpaired) electrons. The number of aryl methyl sites for hydroxylation is 1. The third kappa shape index (κ3) is 3.42. The lowest BCUT2D eigenvalue weighted by Crippen LogP contribution is -2.36. The Morgan fingerprint density at radius 1 is 1.03 bits per heavy atom. The summed E-state index contributed by atoms with van der Waals surface area (Å²) in [7, 11) is 0. The molecule has 0 bridgehead atoms. The topological polar surface area (TPSA) is 77.8 Å². The summed E-state index contributed by atoms with van der Waals surface area (Å²) in [5.74, 6) is 0.138. The van der Waals surface area contributed by atoms with Gasteiger partial charge in [0, 0.05) is 17.0 Å². The summed E-state index contributed by atoms with van der Waals surface area (Å²) >= 11 is 0. The zero-order valence-corrected chi connectivity index (χ0v) is 18.2. The SMILES string of the molecule is Cc1cc(C(=O)CN2C(=O)[C@@H]3CC=CC[C@H]3C2=O)c(C)n1C[C@@H]1COc2ccccc2O1. The number of hydrogen-bond acceptors (Lipinski definition) is 5. The fourth-order valence-electron chi connectivity index (χ4n) is 4.97. The van der Waals surface area contributed by atoms with Gasteiger partial charge in [-0.3, -0.25) is 19.3 Å². The van der Waals surface area contributed by atoms with Gasteiger partial charge in [0.15, 0.2) is 23.4 Å². The van der Waals surface area contributed by atoms with Crippen molar-refractivity contribution in [2.45, 2.75) is 39.3 Å². The van der Waals surface area contributed by atoms with Crippen LogP contribution < -0.4 is 9.47 Å². The molecule has 1 aromatic carbocycles. The highest BCUT2D eigenvalue weighted by Crippen LogP contribution is 2.35. The summed E-state index contributed by atoms with van der Waals surface area (Å²) < 4.78 is 13.9. The van der Waals surface area contributed by atoms with Gasteiger partial charge < -0.3 is 14.0 Å². The predicted octanol–water partition coefficient (Wildman–Crippen LogP) is 3.08. The number of aromatic nitrogens is 1. The van der Waals surface area contributed by atoms with Crippen molar-refractivity contribution < 1.29 is 23.9 Å². The van der Waals surface area contributed by atoms with Crippen LogP contribution >= 0.6 is 0 Å². The van der Waals surface area contributed by atoms with E-state index in [4.69, 9.17) is 9.47 Å². The number of allylic oxidation sites excluding steroid dienone is 2. The number of ketones is 1. The minimum Gasteiger partial charge on any atom is -0.486 e. The van der Waals surface area contributed by atoms with Crippen molar-refractivity contribution in [1.29, 1.82) is 0 Å². The van der Waals surface area contributed by atoms with Crippen molar-refractivity contribution in [3.8, 4) is 11.5 Å². The van der Waals surface area contributed by atoms with Crippen molar-refractivity contribution in [1.82, 2.24) is 9.47 Å². The molecule has 1 aliphatic carbocycles. The van der Waals surface area contributed by atoms with E-state index in [9.17, 15) is 14.4 Å². The van der Waals surface area contributed by atoms with Crippen LogP contribution in [-0.2, 0) is 16.1 Å². The molecule has 7 heteroatoms. The summed E-state index contributed by atoms with van der Waals surface area (Å²) in [6.45, 7) is 4.58. The average molecular weight is 434 g/mol. The van der Waals surface area contributed by atoms with E-state index in [1.165, 1.54) is 0 Å². The molecule has 166 valence electrons. The van der Waals surface area contributed by atoms with Crippen molar-refractivity contribution in [3.05, 3.63) is 59.4 Å². The van der Waals surface area contributed by atoms with Gasteiger partial charge in [-0.2, -0.15) is 0 Å². The molecule has 0 saturated carbocycles. The monoisotopic (exact) mass is 434 g/mol. The second kappa shape index (κ2) is 7.97. The molecular weight excluding hydrogens is 408 g/mol. The van der Waals surface area contributed by atoms with Gasteiger partial charge in [0.1, 0.15) is 6.61 Å². The van der Waals surface area contributed by atoms with E-state index in [2.05, 4.69) is 0 Å². The first-order valence-electron chi connectivity index (χ1n) is 11.0. The number of likely N-dealkylation sites (tertiary alicyclic amines) is 1. The van der Waals surface area contributed by atoms with E-state index in [1.54, 1.807) is 0 Å². The summed E-state index contributed by atoms with van der Waals surface area (Å²) in [6.07, 6.45) is 4.85. The Labute approximate surface area is 186 Å². The zero-order chi connectivity index (χ0) is 22.4. The van der Waals surface area contributed by atoms with Gasteiger partial charge in [-0.15, -0.1) is 0 Å². The maximum absolute atomic E-state index is 13.1. The predicted molar refractivity (Wildman–Crippen MR) is 117 cm³/mol. The molecule has 2 amide bonds. The Hall–Kier alpha value is -3.35. The van der Waals surface area contributed by atoms with Gasteiger partial charge in [0.25, 0.3) is 0 Å². The number of para-hydroxylation sites is 2. The second-order valence-corrected chi connectivity index (χ2v) is 8.73. The van der Waals surface area contributed by atoms with Crippen molar-refractivity contribution >= 4 is 17.6 Å². The third-order valence-corrected chi connectivity index (χ3v) is 6.73. The zero-order valence-electron chi connectivity index (χ0n) is 18.2. The Morgan fingerprint density at radius 3 is 2.38 bits per heavy atom. The minimum atomic E-state index is -0.320. The maximum atomic E-state index is 13.1. The Kier molecular flexibility index (Phi) is 5.12. The van der Waals surface area contributed by atoms with Crippen LogP contribution in [0.4, 0.5) is 0 Å². The van der Waals surface area contributed by atoms with Crippen LogP contribution in [0.3, 0.4) is 0 Å². The van der Waals surface area contributed by atoms with E-state index in [0.29, 0.717) is 37.3 Å². The number of nitrogens with zero attached hydrogens (tertiary/aromatic N) is 2. The Balaban J connectivity index is 1.30. The van der Waals surface area contributed by atoms with E-state index in [1.807, 2.05) is 60.9 Å². The van der Waals surface area contributed by atoms with Gasteiger partial charge in [-0.25, -0.2) is 0 Å². The highest BCUT2D eigenvalue weighted by atomic mass is 16.6. The van der Waals surface area contributed by atoms with Gasteiger partial charge in [0.2, 0.25) is 11.8 Å². The molecule has 0 unspecified atom stereocenters. The molecule has 3 atom stereocenters. The van der Waals surface area contributed by atoms with Crippen LogP contribution in [0.5, 0.6) is 11.5 Å². The highest BCUT2D eigenvalue weighted by molar-refractivity contribution is 6.10. The number of benzene rings is 1. The highest BCUT2D eigenvalue weighted by Gasteiger charge is 2.47. The van der Waals surface area contributed by atoms with E-state index in [0.717, 1.165) is 22.0 Å². The van der Waals surface area contributed by atoms with Crippen LogP contribution in [0.1, 0.15) is 34.6 Å². The van der Waals surface area contributed by atoms with E-state index >= 15 is 0 Å². The Morgan fingerprint density at radius 2 is 1.69 bits per heavy atom. The summed E-state index contributed by atoms with van der Waals surface area (Å²) in [4.78, 5) is 39.7. The molecule has 0 N–H and O–H groups in total. The number of imide groups is 1. The normalized spacial score (nSPS) is 24.1. The molecule has 1 saturated heterocycles. The number of carbonyl (C=O) groups is 3. The molecule has 0 spiro atoms. The quantitative estimate of drug-likeness (QED) is 0.411. The largest absolute Gasteiger partial charge is 0.486 e. The number of ether oxygens (including phenoxy) is 2. The number of amides is 2. The minimum absolute atomic E-state index is 0.185. The molecule has 1 fully saturated rings. The van der Waals surface area contributed by atoms with Crippen LogP contribution in [0, 0.1) is 25.7 Å². The molecule has 7 nitrogen and oxygen atoms in total. The second-order valence-electron chi connectivity index (χ2n) is 8.73. The lowest BCUT2D eigenvalue weighted by atomic mass is 9.85. The lowest BCUT2D eigenvalue weighted by Gasteiger charge is -2.27. The smallest absolute Gasteiger partial charge is 0.233 e. The van der Waals surface area contributed by atoms with Gasteiger partial charge in [-0.05, 0) is 44.9 Å². The van der Waals surface area contributed by atoms with Crippen LogP contribution in [0.15, 0.2) is 42.5 Å². The number of fused-ring (bicyclic) bond motifs is 2. The molecular formula is C25H26N2O5. The number of Topliss-reactive ketones (excluding diaryl/α,β-unsaturated/α-hetero) is 1. The van der Waals surface area contributed by atoms with Crippen molar-refractivity contribution in [3.63, 3.8) is 0 Å². The fraction of sp³-hybridized carbons (Fsp3) is 0.400. The first kappa shape index (κ1) is 20.5.